The van der Waals surface area contributed by atoms with Crippen LogP contribution in [0.5, 0.6) is 5.75 Å². The molecule has 0 spiro atoms. The van der Waals surface area contributed by atoms with Crippen molar-refractivity contribution in [3.63, 3.8) is 0 Å². The molecule has 0 heterocycles. The number of rotatable bonds is 8. The number of halogens is 7. The van der Waals surface area contributed by atoms with Crippen molar-refractivity contribution in [2.75, 3.05) is 0 Å². The third kappa shape index (κ3) is 4.99. The highest BCUT2D eigenvalue weighted by Gasteiger charge is 2.77. The zero-order valence-electron chi connectivity index (χ0n) is 20.0. The van der Waals surface area contributed by atoms with Gasteiger partial charge in [0.1, 0.15) is 21.7 Å². The number of para-hydroxylation sites is 1. The molecule has 0 atom stereocenters. The number of aliphatic hydroxyl groups excluding tert-OH is 1. The van der Waals surface area contributed by atoms with Crippen LogP contribution in [0.15, 0.2) is 133 Å². The number of aliphatic hydroxyl groups is 1. The van der Waals surface area contributed by atoms with Crippen molar-refractivity contribution in [2.24, 2.45) is 0 Å². The van der Waals surface area contributed by atoms with E-state index in [1.165, 1.54) is 60.7 Å². The summed E-state index contributed by atoms with van der Waals surface area (Å²) in [5.74, 6) is -15.4. The van der Waals surface area contributed by atoms with Gasteiger partial charge in [0, 0.05) is 0 Å². The Morgan fingerprint density at radius 3 is 1.21 bits per heavy atom. The van der Waals surface area contributed by atoms with Crippen LogP contribution >= 0.6 is 7.26 Å². The molecule has 10 heteroatoms. The summed E-state index contributed by atoms with van der Waals surface area (Å²) in [6.07, 6.45) is -6.67. The largest absolute Gasteiger partial charge is 0.501 e. The Morgan fingerprint density at radius 1 is 0.538 bits per heavy atom. The minimum atomic E-state index is -6.67. The first-order chi connectivity index (χ1) is 18.4. The maximum Gasteiger partial charge on any atom is 0.460 e. The SMILES string of the molecule is O/C(=C(/Oc1ccccc1)[P+](c1ccccc1)(c1ccccc1)c1ccccc1)C(F)(F)C(F)(F)C(F)(F)F. The third-order valence-corrected chi connectivity index (χ3v) is 10.1. The quantitative estimate of drug-likeness (QED) is 0.135. The third-order valence-electron chi connectivity index (χ3n) is 5.94. The van der Waals surface area contributed by atoms with Crippen LogP contribution in [-0.2, 0) is 0 Å². The lowest BCUT2D eigenvalue weighted by molar-refractivity contribution is -0.349. The van der Waals surface area contributed by atoms with Crippen LogP contribution in [0.3, 0.4) is 0 Å². The summed E-state index contributed by atoms with van der Waals surface area (Å²) < 4.78 is 105. The van der Waals surface area contributed by atoms with Gasteiger partial charge in [-0.1, -0.05) is 72.8 Å². The second kappa shape index (κ2) is 10.7. The molecule has 0 aliphatic carbocycles. The van der Waals surface area contributed by atoms with E-state index in [-0.39, 0.29) is 21.7 Å². The van der Waals surface area contributed by atoms with Gasteiger partial charge in [0.25, 0.3) is 5.76 Å². The minimum absolute atomic E-state index is 0.155. The molecule has 1 N–H and O–H groups in total. The summed E-state index contributed by atoms with van der Waals surface area (Å²) >= 11 is 0. The van der Waals surface area contributed by atoms with Gasteiger partial charge in [-0.25, -0.2) is 0 Å². The highest BCUT2D eigenvalue weighted by atomic mass is 31.2. The van der Waals surface area contributed by atoms with Crippen molar-refractivity contribution in [3.8, 4) is 5.75 Å². The zero-order chi connectivity index (χ0) is 28.3. The van der Waals surface area contributed by atoms with E-state index in [1.807, 2.05) is 0 Å². The Bertz CT molecular complexity index is 1310. The Balaban J connectivity index is 2.21. The van der Waals surface area contributed by atoms with Crippen molar-refractivity contribution < 1.29 is 40.6 Å². The second-order valence-electron chi connectivity index (χ2n) is 8.39. The average Bonchev–Trinajstić information content (AvgIpc) is 2.94. The van der Waals surface area contributed by atoms with E-state index in [9.17, 15) is 27.1 Å². The molecule has 0 fully saturated rings. The molecule has 4 rings (SSSR count). The van der Waals surface area contributed by atoms with Gasteiger partial charge >= 0.3 is 23.5 Å². The van der Waals surface area contributed by atoms with Crippen molar-refractivity contribution in [1.82, 2.24) is 0 Å². The molecule has 4 aromatic carbocycles. The van der Waals surface area contributed by atoms with E-state index in [1.54, 1.807) is 60.7 Å². The second-order valence-corrected chi connectivity index (χ2v) is 11.7. The van der Waals surface area contributed by atoms with Crippen LogP contribution in [0, 0.1) is 0 Å². The van der Waals surface area contributed by atoms with Crippen LogP contribution in [-0.4, -0.2) is 23.1 Å². The maximum absolute atomic E-state index is 15.3. The van der Waals surface area contributed by atoms with E-state index in [0.29, 0.717) is 0 Å². The lowest BCUT2D eigenvalue weighted by atomic mass is 10.1. The maximum atomic E-state index is 15.3. The fraction of sp³-hybridized carbons (Fsp3) is 0.103. The Kier molecular flexibility index (Phi) is 7.75. The van der Waals surface area contributed by atoms with E-state index < -0.39 is 36.5 Å². The van der Waals surface area contributed by atoms with Crippen molar-refractivity contribution in [2.45, 2.75) is 18.0 Å². The molecule has 0 aromatic heterocycles. The molecule has 0 unspecified atom stereocenters. The molecular formula is C29H21F7O2P+. The number of benzene rings is 4. The van der Waals surface area contributed by atoms with E-state index in [0.717, 1.165) is 0 Å². The van der Waals surface area contributed by atoms with E-state index in [2.05, 4.69) is 0 Å². The van der Waals surface area contributed by atoms with E-state index >= 15 is 8.78 Å². The number of ether oxygens (including phenoxy) is 1. The fourth-order valence-corrected chi connectivity index (χ4v) is 8.25. The van der Waals surface area contributed by atoms with E-state index in [4.69, 9.17) is 4.74 Å². The lowest BCUT2D eigenvalue weighted by Crippen LogP contribution is -2.53. The molecule has 0 amide bonds. The van der Waals surface area contributed by atoms with Gasteiger partial charge in [0.15, 0.2) is 7.26 Å². The van der Waals surface area contributed by atoms with Gasteiger partial charge < -0.3 is 9.84 Å². The molecule has 0 saturated carbocycles. The van der Waals surface area contributed by atoms with Crippen LogP contribution in [0.25, 0.3) is 0 Å². The molecular weight excluding hydrogens is 544 g/mol. The van der Waals surface area contributed by atoms with Crippen LogP contribution < -0.4 is 20.7 Å². The normalized spacial score (nSPS) is 13.5. The fourth-order valence-electron chi connectivity index (χ4n) is 4.09. The van der Waals surface area contributed by atoms with Crippen molar-refractivity contribution in [1.29, 1.82) is 0 Å². The smallest absolute Gasteiger partial charge is 0.460 e. The van der Waals surface area contributed by atoms with Crippen molar-refractivity contribution in [3.05, 3.63) is 133 Å². The molecule has 0 aliphatic heterocycles. The minimum Gasteiger partial charge on any atom is -0.501 e. The number of hydrogen-bond donors (Lipinski definition) is 1. The zero-order valence-corrected chi connectivity index (χ0v) is 20.9. The Morgan fingerprint density at radius 2 is 0.872 bits per heavy atom. The highest BCUT2D eigenvalue weighted by molar-refractivity contribution is 7.98. The highest BCUT2D eigenvalue weighted by Crippen LogP contribution is 2.65. The molecule has 0 bridgehead atoms. The molecule has 0 radical (unpaired) electrons. The first-order valence-electron chi connectivity index (χ1n) is 11.5. The van der Waals surface area contributed by atoms with Gasteiger partial charge in [0.05, 0.1) is 0 Å². The lowest BCUT2D eigenvalue weighted by Gasteiger charge is -2.32. The standard InChI is InChI=1S/C29H20F7O2P/c30-27(31,28(32,33)29(34,35)36)25(37)26(38-21-13-5-1-6-14-21)39(22-15-7-2-8-16-22,23-17-9-3-10-18-23)24-19-11-4-12-20-24/h1-20H/p+1/b26-25-. The average molecular weight is 565 g/mol. The summed E-state index contributed by atoms with van der Waals surface area (Å²) in [6.45, 7) is 0. The van der Waals surface area contributed by atoms with Gasteiger partial charge in [-0.3, -0.25) is 0 Å². The molecule has 39 heavy (non-hydrogen) atoms. The first kappa shape index (κ1) is 28.2. The predicted molar refractivity (Wildman–Crippen MR) is 138 cm³/mol. The van der Waals surface area contributed by atoms with Gasteiger partial charge in [-0.2, -0.15) is 30.7 Å². The Labute approximate surface area is 220 Å². The summed E-state index contributed by atoms with van der Waals surface area (Å²) in [5, 5.41) is 11.8. The van der Waals surface area contributed by atoms with Crippen LogP contribution in [0.1, 0.15) is 0 Å². The van der Waals surface area contributed by atoms with Crippen molar-refractivity contribution >= 4 is 23.2 Å². The molecule has 0 aliphatic rings. The monoisotopic (exact) mass is 565 g/mol. The summed E-state index contributed by atoms with van der Waals surface area (Å²) in [5.41, 5.74) is -1.11. The van der Waals surface area contributed by atoms with Gasteiger partial charge in [-0.05, 0) is 48.5 Å². The topological polar surface area (TPSA) is 29.5 Å². The summed E-state index contributed by atoms with van der Waals surface area (Å²) in [4.78, 5) is 0. The number of alkyl halides is 7. The predicted octanol–water partition coefficient (Wildman–Crippen LogP) is 7.62. The number of hydrogen-bond acceptors (Lipinski definition) is 2. The molecule has 0 saturated heterocycles. The molecule has 4 aromatic rings. The summed E-state index contributed by atoms with van der Waals surface area (Å²) in [7, 11) is -3.88. The Hall–Kier alpha value is -3.84. The van der Waals surface area contributed by atoms with Gasteiger partial charge in [-0.15, -0.1) is 0 Å². The number of allylic oxidation sites excluding steroid dienone is 1. The van der Waals surface area contributed by atoms with Crippen LogP contribution in [0.4, 0.5) is 30.7 Å². The van der Waals surface area contributed by atoms with Crippen LogP contribution in [0.2, 0.25) is 0 Å². The summed E-state index contributed by atoms with van der Waals surface area (Å²) in [6, 6.07) is 30.5. The van der Waals surface area contributed by atoms with Gasteiger partial charge in [0.2, 0.25) is 0 Å². The first-order valence-corrected chi connectivity index (χ1v) is 13.3. The molecule has 2 nitrogen and oxygen atoms in total. The molecule has 202 valence electrons.